The summed E-state index contributed by atoms with van der Waals surface area (Å²) in [6.07, 6.45) is 0.909. The predicted octanol–water partition coefficient (Wildman–Crippen LogP) is 4.16. The zero-order valence-corrected chi connectivity index (χ0v) is 15.2. The molecule has 0 saturated carbocycles. The molecular weight excluding hydrogens is 316 g/mol. The van der Waals surface area contributed by atoms with Crippen molar-refractivity contribution in [2.45, 2.75) is 47.1 Å². The highest BCUT2D eigenvalue weighted by Crippen LogP contribution is 2.26. The molecule has 0 unspecified atom stereocenters. The zero-order valence-electron chi connectivity index (χ0n) is 15.2. The van der Waals surface area contributed by atoms with Crippen molar-refractivity contribution < 1.29 is 9.26 Å². The van der Waals surface area contributed by atoms with Crippen molar-refractivity contribution in [1.29, 1.82) is 0 Å². The van der Waals surface area contributed by atoms with Crippen LogP contribution in [0.25, 0.3) is 22.8 Å². The van der Waals surface area contributed by atoms with Crippen LogP contribution >= 0.6 is 0 Å². The van der Waals surface area contributed by atoms with Gasteiger partial charge in [-0.2, -0.15) is 4.98 Å². The molecular formula is C19H22N4O2. The monoisotopic (exact) mass is 338 g/mol. The van der Waals surface area contributed by atoms with Crippen molar-refractivity contribution in [2.24, 2.45) is 0 Å². The Kier molecular flexibility index (Phi) is 4.79. The van der Waals surface area contributed by atoms with Gasteiger partial charge in [0, 0.05) is 34.3 Å². The minimum absolute atomic E-state index is 0.0488. The van der Waals surface area contributed by atoms with Crippen LogP contribution in [-0.4, -0.2) is 26.2 Å². The van der Waals surface area contributed by atoms with E-state index in [1.54, 1.807) is 0 Å². The number of pyridine rings is 2. The summed E-state index contributed by atoms with van der Waals surface area (Å²) in [6.45, 7) is 9.87. The fraction of sp³-hybridized carbons (Fsp3) is 0.368. The molecule has 0 aromatic carbocycles. The lowest BCUT2D eigenvalue weighted by Gasteiger charge is -2.09. The summed E-state index contributed by atoms with van der Waals surface area (Å²) in [7, 11) is 0. The Morgan fingerprint density at radius 1 is 0.960 bits per heavy atom. The molecule has 0 atom stereocenters. The van der Waals surface area contributed by atoms with Gasteiger partial charge in [-0.3, -0.25) is 4.98 Å². The van der Waals surface area contributed by atoms with Crippen LogP contribution < -0.4 is 4.74 Å². The molecule has 3 aromatic rings. The number of nitrogens with zero attached hydrogens (tertiary/aromatic N) is 4. The van der Waals surface area contributed by atoms with E-state index in [2.05, 4.69) is 27.0 Å². The first-order chi connectivity index (χ1) is 11.9. The molecule has 0 fully saturated rings. The van der Waals surface area contributed by atoms with Gasteiger partial charge in [-0.25, -0.2) is 4.98 Å². The molecule has 6 nitrogen and oxygen atoms in total. The van der Waals surface area contributed by atoms with Gasteiger partial charge in [0.25, 0.3) is 5.89 Å². The second kappa shape index (κ2) is 7.01. The van der Waals surface area contributed by atoms with Crippen LogP contribution in [0.3, 0.4) is 0 Å². The third kappa shape index (κ3) is 4.02. The van der Waals surface area contributed by atoms with Gasteiger partial charge in [-0.05, 0) is 52.3 Å². The summed E-state index contributed by atoms with van der Waals surface area (Å²) in [5.74, 6) is 1.55. The van der Waals surface area contributed by atoms with E-state index in [-0.39, 0.29) is 6.10 Å². The Morgan fingerprint density at radius 2 is 1.68 bits per heavy atom. The largest absolute Gasteiger partial charge is 0.475 e. The fourth-order valence-electron chi connectivity index (χ4n) is 2.57. The molecule has 0 amide bonds. The standard InChI is InChI=1S/C19H22N4O2/c1-6-16-9-14(7-12(4)20-16)18-22-19(25-23-18)15-8-13(5)21-17(10-15)24-11(2)3/h7-11H,6H2,1-5H3. The van der Waals surface area contributed by atoms with Crippen LogP contribution in [0.1, 0.15) is 37.9 Å². The second-order valence-electron chi connectivity index (χ2n) is 6.27. The normalized spacial score (nSPS) is 11.1. The van der Waals surface area contributed by atoms with E-state index in [9.17, 15) is 0 Å². The smallest absolute Gasteiger partial charge is 0.258 e. The van der Waals surface area contributed by atoms with Crippen molar-refractivity contribution >= 4 is 0 Å². The predicted molar refractivity (Wildman–Crippen MR) is 95.4 cm³/mol. The minimum atomic E-state index is 0.0488. The minimum Gasteiger partial charge on any atom is -0.475 e. The Labute approximate surface area is 147 Å². The first kappa shape index (κ1) is 17.1. The van der Waals surface area contributed by atoms with Crippen molar-refractivity contribution in [3.8, 4) is 28.7 Å². The lowest BCUT2D eigenvalue weighted by Crippen LogP contribution is -2.07. The van der Waals surface area contributed by atoms with Crippen molar-refractivity contribution in [3.63, 3.8) is 0 Å². The summed E-state index contributed by atoms with van der Waals surface area (Å²) in [6, 6.07) is 7.67. The molecule has 25 heavy (non-hydrogen) atoms. The van der Waals surface area contributed by atoms with Crippen molar-refractivity contribution in [2.75, 3.05) is 0 Å². The highest BCUT2D eigenvalue weighted by Gasteiger charge is 2.14. The zero-order chi connectivity index (χ0) is 18.0. The number of rotatable bonds is 5. The lowest BCUT2D eigenvalue weighted by molar-refractivity contribution is 0.232. The molecule has 3 heterocycles. The Bertz CT molecular complexity index is 887. The third-order valence-corrected chi connectivity index (χ3v) is 3.59. The highest BCUT2D eigenvalue weighted by molar-refractivity contribution is 5.61. The van der Waals surface area contributed by atoms with Crippen LogP contribution in [0.4, 0.5) is 0 Å². The molecule has 6 heteroatoms. The first-order valence-electron chi connectivity index (χ1n) is 8.42. The maximum Gasteiger partial charge on any atom is 0.258 e. The Balaban J connectivity index is 1.96. The van der Waals surface area contributed by atoms with E-state index in [1.807, 2.05) is 52.0 Å². The number of aromatic nitrogens is 4. The van der Waals surface area contributed by atoms with Crippen LogP contribution in [0, 0.1) is 13.8 Å². The number of ether oxygens (including phenoxy) is 1. The summed E-state index contributed by atoms with van der Waals surface area (Å²) < 4.78 is 11.2. The van der Waals surface area contributed by atoms with Gasteiger partial charge in [-0.15, -0.1) is 0 Å². The van der Waals surface area contributed by atoms with Crippen LogP contribution in [-0.2, 0) is 6.42 Å². The summed E-state index contributed by atoms with van der Waals surface area (Å²) >= 11 is 0. The van der Waals surface area contributed by atoms with Gasteiger partial charge in [0.05, 0.1) is 6.10 Å². The molecule has 3 rings (SSSR count). The summed E-state index contributed by atoms with van der Waals surface area (Å²) in [5, 5.41) is 4.12. The van der Waals surface area contributed by atoms with Gasteiger partial charge < -0.3 is 9.26 Å². The number of aryl methyl sites for hydroxylation is 3. The van der Waals surface area contributed by atoms with Gasteiger partial charge in [0.15, 0.2) is 0 Å². The molecule has 0 N–H and O–H groups in total. The quantitative estimate of drug-likeness (QED) is 0.695. The molecule has 0 aliphatic rings. The van der Waals surface area contributed by atoms with Crippen LogP contribution in [0.5, 0.6) is 5.88 Å². The Hall–Kier alpha value is -2.76. The van der Waals surface area contributed by atoms with E-state index >= 15 is 0 Å². The van der Waals surface area contributed by atoms with E-state index in [0.29, 0.717) is 17.6 Å². The molecule has 0 spiro atoms. The topological polar surface area (TPSA) is 73.9 Å². The molecule has 0 saturated heterocycles. The SMILES string of the molecule is CCc1cc(-c2noc(-c3cc(C)nc(OC(C)C)c3)n2)cc(C)n1. The highest BCUT2D eigenvalue weighted by atomic mass is 16.5. The number of hydrogen-bond donors (Lipinski definition) is 0. The van der Waals surface area contributed by atoms with E-state index < -0.39 is 0 Å². The molecule has 0 aliphatic heterocycles. The fourth-order valence-corrected chi connectivity index (χ4v) is 2.57. The third-order valence-electron chi connectivity index (χ3n) is 3.59. The van der Waals surface area contributed by atoms with Gasteiger partial charge >= 0.3 is 0 Å². The summed E-state index contributed by atoms with van der Waals surface area (Å²) in [4.78, 5) is 13.4. The average Bonchev–Trinajstić information content (AvgIpc) is 3.03. The summed E-state index contributed by atoms with van der Waals surface area (Å²) in [5.41, 5.74) is 4.48. The Morgan fingerprint density at radius 3 is 2.40 bits per heavy atom. The first-order valence-corrected chi connectivity index (χ1v) is 8.42. The van der Waals surface area contributed by atoms with Crippen LogP contribution in [0.15, 0.2) is 28.8 Å². The van der Waals surface area contributed by atoms with Crippen LogP contribution in [0.2, 0.25) is 0 Å². The maximum absolute atomic E-state index is 5.69. The van der Waals surface area contributed by atoms with Gasteiger partial charge in [0.1, 0.15) is 0 Å². The molecule has 0 bridgehead atoms. The molecule has 0 aliphatic carbocycles. The van der Waals surface area contributed by atoms with Crippen molar-refractivity contribution in [1.82, 2.24) is 20.1 Å². The van der Waals surface area contributed by atoms with E-state index in [4.69, 9.17) is 9.26 Å². The average molecular weight is 338 g/mol. The van der Waals surface area contributed by atoms with Crippen molar-refractivity contribution in [3.05, 3.63) is 41.3 Å². The second-order valence-corrected chi connectivity index (χ2v) is 6.27. The van der Waals surface area contributed by atoms with Gasteiger partial charge in [-0.1, -0.05) is 12.1 Å². The molecule has 0 radical (unpaired) electrons. The molecule has 3 aromatic heterocycles. The number of hydrogen-bond acceptors (Lipinski definition) is 6. The van der Waals surface area contributed by atoms with E-state index in [0.717, 1.165) is 34.6 Å². The lowest BCUT2D eigenvalue weighted by atomic mass is 10.1. The van der Waals surface area contributed by atoms with Gasteiger partial charge in [0.2, 0.25) is 11.7 Å². The van der Waals surface area contributed by atoms with E-state index in [1.165, 1.54) is 0 Å². The maximum atomic E-state index is 5.69. The molecule has 130 valence electrons.